The minimum absolute atomic E-state index is 0.00979. The second kappa shape index (κ2) is 8.45. The van der Waals surface area contributed by atoms with Crippen LogP contribution in [-0.4, -0.2) is 23.9 Å². The highest BCUT2D eigenvalue weighted by Gasteiger charge is 2.26. The number of hydrogen-bond donors (Lipinski definition) is 1. The highest BCUT2D eigenvalue weighted by atomic mass is 19.1. The molecule has 3 nitrogen and oxygen atoms in total. The SMILES string of the molecule is Cc1ccc([C@H](C)NC(=O)[C@H]2CCCN(Cc3ccc(F)cc3)C2)cc1. The summed E-state index contributed by atoms with van der Waals surface area (Å²) in [5.41, 5.74) is 3.43. The van der Waals surface area contributed by atoms with Crippen molar-refractivity contribution in [3.63, 3.8) is 0 Å². The van der Waals surface area contributed by atoms with E-state index < -0.39 is 0 Å². The van der Waals surface area contributed by atoms with Gasteiger partial charge in [-0.25, -0.2) is 4.39 Å². The summed E-state index contributed by atoms with van der Waals surface area (Å²) in [5, 5.41) is 3.16. The monoisotopic (exact) mass is 354 g/mol. The Labute approximate surface area is 155 Å². The summed E-state index contributed by atoms with van der Waals surface area (Å²) in [6.07, 6.45) is 1.94. The molecule has 2 aromatic carbocycles. The molecule has 0 bridgehead atoms. The van der Waals surface area contributed by atoms with Gasteiger partial charge < -0.3 is 5.32 Å². The molecular weight excluding hydrogens is 327 g/mol. The molecule has 2 atom stereocenters. The lowest BCUT2D eigenvalue weighted by molar-refractivity contribution is -0.127. The maximum absolute atomic E-state index is 13.1. The van der Waals surface area contributed by atoms with Gasteiger partial charge in [0.25, 0.3) is 0 Å². The molecule has 4 heteroatoms. The maximum atomic E-state index is 13.1. The molecule has 1 heterocycles. The van der Waals surface area contributed by atoms with Crippen LogP contribution in [0, 0.1) is 18.7 Å². The topological polar surface area (TPSA) is 32.3 Å². The van der Waals surface area contributed by atoms with Crippen molar-refractivity contribution >= 4 is 5.91 Å². The van der Waals surface area contributed by atoms with Crippen molar-refractivity contribution in [3.8, 4) is 0 Å². The van der Waals surface area contributed by atoms with Gasteiger partial charge in [-0.15, -0.1) is 0 Å². The van der Waals surface area contributed by atoms with Crippen LogP contribution in [0.3, 0.4) is 0 Å². The largest absolute Gasteiger partial charge is 0.349 e. The minimum atomic E-state index is -0.213. The Kier molecular flexibility index (Phi) is 6.04. The van der Waals surface area contributed by atoms with Crippen LogP contribution in [0.25, 0.3) is 0 Å². The molecule has 0 saturated carbocycles. The van der Waals surface area contributed by atoms with Gasteiger partial charge >= 0.3 is 0 Å². The Morgan fingerprint density at radius 3 is 2.58 bits per heavy atom. The van der Waals surface area contributed by atoms with Gasteiger partial charge in [-0.2, -0.15) is 0 Å². The number of piperidine rings is 1. The molecular formula is C22H27FN2O. The number of likely N-dealkylation sites (tertiary alicyclic amines) is 1. The summed E-state index contributed by atoms with van der Waals surface area (Å²) in [6.45, 7) is 6.59. The Bertz CT molecular complexity index is 727. The highest BCUT2D eigenvalue weighted by Crippen LogP contribution is 2.21. The first-order valence-corrected chi connectivity index (χ1v) is 9.35. The number of rotatable bonds is 5. The molecule has 2 aromatic rings. The lowest BCUT2D eigenvalue weighted by atomic mass is 9.96. The van der Waals surface area contributed by atoms with Crippen molar-refractivity contribution in [1.82, 2.24) is 10.2 Å². The Balaban J connectivity index is 1.55. The van der Waals surface area contributed by atoms with E-state index in [2.05, 4.69) is 41.4 Å². The van der Waals surface area contributed by atoms with Gasteiger partial charge in [0, 0.05) is 13.1 Å². The second-order valence-electron chi connectivity index (χ2n) is 7.34. The van der Waals surface area contributed by atoms with Gasteiger partial charge in [-0.05, 0) is 56.5 Å². The third kappa shape index (κ3) is 4.92. The minimum Gasteiger partial charge on any atom is -0.349 e. The number of hydrogen-bond acceptors (Lipinski definition) is 2. The first-order valence-electron chi connectivity index (χ1n) is 9.35. The third-order valence-electron chi connectivity index (χ3n) is 5.13. The van der Waals surface area contributed by atoms with E-state index in [-0.39, 0.29) is 23.7 Å². The molecule has 0 spiro atoms. The number of carbonyl (C=O) groups excluding carboxylic acids is 1. The van der Waals surface area contributed by atoms with Crippen molar-refractivity contribution in [2.75, 3.05) is 13.1 Å². The molecule has 1 aliphatic rings. The van der Waals surface area contributed by atoms with Gasteiger partial charge in [0.15, 0.2) is 0 Å². The summed E-state index contributed by atoms with van der Waals surface area (Å²) < 4.78 is 13.1. The number of nitrogens with one attached hydrogen (secondary N) is 1. The molecule has 0 unspecified atom stereocenters. The van der Waals surface area contributed by atoms with E-state index in [1.807, 2.05) is 19.1 Å². The number of nitrogens with zero attached hydrogens (tertiary/aromatic N) is 1. The van der Waals surface area contributed by atoms with Crippen molar-refractivity contribution in [2.45, 2.75) is 39.3 Å². The lowest BCUT2D eigenvalue weighted by Gasteiger charge is -2.32. The first-order chi connectivity index (χ1) is 12.5. The molecule has 3 rings (SSSR count). The zero-order valence-corrected chi connectivity index (χ0v) is 15.5. The summed E-state index contributed by atoms with van der Waals surface area (Å²) in [7, 11) is 0. The molecule has 1 amide bonds. The van der Waals surface area contributed by atoms with E-state index in [9.17, 15) is 9.18 Å². The van der Waals surface area contributed by atoms with E-state index >= 15 is 0 Å². The fourth-order valence-corrected chi connectivity index (χ4v) is 3.53. The number of amides is 1. The van der Waals surface area contributed by atoms with Crippen molar-refractivity contribution in [1.29, 1.82) is 0 Å². The summed E-state index contributed by atoms with van der Waals surface area (Å²) in [6, 6.07) is 14.9. The quantitative estimate of drug-likeness (QED) is 0.872. The van der Waals surface area contributed by atoms with Crippen LogP contribution < -0.4 is 5.32 Å². The summed E-state index contributed by atoms with van der Waals surface area (Å²) in [5.74, 6) is -0.0753. The molecule has 0 radical (unpaired) electrons. The zero-order valence-electron chi connectivity index (χ0n) is 15.5. The van der Waals surface area contributed by atoms with Gasteiger partial charge in [0.1, 0.15) is 5.82 Å². The normalized spacial score (nSPS) is 19.1. The van der Waals surface area contributed by atoms with Crippen LogP contribution in [0.1, 0.15) is 42.5 Å². The first kappa shape index (κ1) is 18.6. The second-order valence-corrected chi connectivity index (χ2v) is 7.34. The fraction of sp³-hybridized carbons (Fsp3) is 0.409. The van der Waals surface area contributed by atoms with Crippen LogP contribution in [0.5, 0.6) is 0 Å². The number of carbonyl (C=O) groups is 1. The molecule has 1 aliphatic heterocycles. The summed E-state index contributed by atoms with van der Waals surface area (Å²) in [4.78, 5) is 15.0. The van der Waals surface area contributed by atoms with Crippen molar-refractivity contribution in [2.24, 2.45) is 5.92 Å². The molecule has 1 N–H and O–H groups in total. The van der Waals surface area contributed by atoms with Gasteiger partial charge in [0.05, 0.1) is 12.0 Å². The molecule has 26 heavy (non-hydrogen) atoms. The molecule has 0 aromatic heterocycles. The molecule has 138 valence electrons. The van der Waals surface area contributed by atoms with E-state index in [4.69, 9.17) is 0 Å². The maximum Gasteiger partial charge on any atom is 0.224 e. The number of halogens is 1. The molecule has 1 fully saturated rings. The van der Waals surface area contributed by atoms with Crippen LogP contribution >= 0.6 is 0 Å². The lowest BCUT2D eigenvalue weighted by Crippen LogP contribution is -2.43. The van der Waals surface area contributed by atoms with E-state index in [1.165, 1.54) is 17.7 Å². The molecule has 0 aliphatic carbocycles. The van der Waals surface area contributed by atoms with E-state index in [1.54, 1.807) is 0 Å². The third-order valence-corrected chi connectivity index (χ3v) is 5.13. The fourth-order valence-electron chi connectivity index (χ4n) is 3.53. The smallest absolute Gasteiger partial charge is 0.224 e. The predicted molar refractivity (Wildman–Crippen MR) is 102 cm³/mol. The predicted octanol–water partition coefficient (Wildman–Crippen LogP) is 4.22. The highest BCUT2D eigenvalue weighted by molar-refractivity contribution is 5.79. The number of benzene rings is 2. The Hall–Kier alpha value is -2.20. The van der Waals surface area contributed by atoms with Crippen LogP contribution in [-0.2, 0) is 11.3 Å². The zero-order chi connectivity index (χ0) is 18.5. The molecule has 1 saturated heterocycles. The van der Waals surface area contributed by atoms with Crippen LogP contribution in [0.4, 0.5) is 4.39 Å². The standard InChI is InChI=1S/C22H27FN2O/c1-16-5-9-19(10-6-16)17(2)24-22(26)20-4-3-13-25(15-20)14-18-7-11-21(23)12-8-18/h5-12,17,20H,3-4,13-15H2,1-2H3,(H,24,26)/t17-,20-/m0/s1. The number of aryl methyl sites for hydroxylation is 1. The average Bonchev–Trinajstić information content (AvgIpc) is 2.64. The average molecular weight is 354 g/mol. The van der Waals surface area contributed by atoms with Crippen LogP contribution in [0.15, 0.2) is 48.5 Å². The van der Waals surface area contributed by atoms with Crippen molar-refractivity contribution < 1.29 is 9.18 Å². The van der Waals surface area contributed by atoms with Gasteiger partial charge in [0.2, 0.25) is 5.91 Å². The van der Waals surface area contributed by atoms with E-state index in [0.29, 0.717) is 0 Å². The van der Waals surface area contributed by atoms with Gasteiger partial charge in [-0.3, -0.25) is 9.69 Å². The summed E-state index contributed by atoms with van der Waals surface area (Å²) >= 11 is 0. The van der Waals surface area contributed by atoms with Crippen molar-refractivity contribution in [3.05, 3.63) is 71.0 Å². The Morgan fingerprint density at radius 1 is 1.19 bits per heavy atom. The van der Waals surface area contributed by atoms with Crippen LogP contribution in [0.2, 0.25) is 0 Å². The Morgan fingerprint density at radius 2 is 1.88 bits per heavy atom. The van der Waals surface area contributed by atoms with E-state index in [0.717, 1.165) is 43.6 Å². The van der Waals surface area contributed by atoms with Gasteiger partial charge in [-0.1, -0.05) is 42.0 Å².